The lowest BCUT2D eigenvalue weighted by atomic mass is 9.91. The van der Waals surface area contributed by atoms with Crippen molar-refractivity contribution in [2.45, 2.75) is 66.4 Å². The van der Waals surface area contributed by atoms with E-state index in [0.717, 1.165) is 12.8 Å². The standard InChI is InChI=1S/C15H29NO4/c1-7-9-15(5,6)20-13(18)16-10-11-19-12(17)14(3,4)8-2/h7-11H2,1-6H3,(H,16,18). The van der Waals surface area contributed by atoms with Crippen LogP contribution in [0.1, 0.15) is 60.8 Å². The van der Waals surface area contributed by atoms with Crippen molar-refractivity contribution in [2.75, 3.05) is 13.2 Å². The van der Waals surface area contributed by atoms with E-state index >= 15 is 0 Å². The highest BCUT2D eigenvalue weighted by atomic mass is 16.6. The van der Waals surface area contributed by atoms with Crippen LogP contribution in [0.5, 0.6) is 0 Å². The molecule has 0 rings (SSSR count). The van der Waals surface area contributed by atoms with Gasteiger partial charge in [0, 0.05) is 0 Å². The SMILES string of the molecule is CCCC(C)(C)OC(=O)NCCOC(=O)C(C)(C)CC. The Morgan fingerprint density at radius 1 is 1.10 bits per heavy atom. The van der Waals surface area contributed by atoms with Crippen LogP contribution in [-0.2, 0) is 14.3 Å². The Labute approximate surface area is 122 Å². The van der Waals surface area contributed by atoms with Crippen molar-refractivity contribution < 1.29 is 19.1 Å². The maximum absolute atomic E-state index is 11.7. The highest BCUT2D eigenvalue weighted by Gasteiger charge is 2.27. The summed E-state index contributed by atoms with van der Waals surface area (Å²) in [4.78, 5) is 23.2. The van der Waals surface area contributed by atoms with Gasteiger partial charge < -0.3 is 14.8 Å². The summed E-state index contributed by atoms with van der Waals surface area (Å²) in [5.41, 5.74) is -0.955. The molecule has 0 fully saturated rings. The molecule has 0 aromatic heterocycles. The fraction of sp³-hybridized carbons (Fsp3) is 0.867. The second-order valence-corrected chi connectivity index (χ2v) is 6.20. The van der Waals surface area contributed by atoms with Crippen LogP contribution in [0, 0.1) is 5.41 Å². The number of carbonyl (C=O) groups excluding carboxylic acids is 2. The van der Waals surface area contributed by atoms with Gasteiger partial charge in [0.05, 0.1) is 12.0 Å². The Morgan fingerprint density at radius 3 is 2.20 bits per heavy atom. The molecule has 0 aliphatic carbocycles. The average Bonchev–Trinajstić information content (AvgIpc) is 2.33. The zero-order valence-corrected chi connectivity index (χ0v) is 13.7. The van der Waals surface area contributed by atoms with Crippen molar-refractivity contribution in [3.05, 3.63) is 0 Å². The normalized spacial score (nSPS) is 11.9. The van der Waals surface area contributed by atoms with Crippen LogP contribution >= 0.6 is 0 Å². The minimum absolute atomic E-state index is 0.158. The van der Waals surface area contributed by atoms with Crippen LogP contribution in [0.15, 0.2) is 0 Å². The molecule has 0 heterocycles. The Balaban J connectivity index is 3.91. The zero-order chi connectivity index (χ0) is 15.8. The maximum Gasteiger partial charge on any atom is 0.407 e. The first-order valence-corrected chi connectivity index (χ1v) is 7.28. The van der Waals surface area contributed by atoms with E-state index in [1.807, 2.05) is 41.5 Å². The first kappa shape index (κ1) is 18.7. The number of alkyl carbamates (subject to hydrolysis) is 1. The highest BCUT2D eigenvalue weighted by Crippen LogP contribution is 2.21. The second kappa shape index (κ2) is 8.12. The monoisotopic (exact) mass is 287 g/mol. The van der Waals surface area contributed by atoms with E-state index in [-0.39, 0.29) is 19.1 Å². The molecule has 0 saturated heterocycles. The van der Waals surface area contributed by atoms with Crippen molar-refractivity contribution >= 4 is 12.1 Å². The molecule has 1 amide bonds. The van der Waals surface area contributed by atoms with E-state index < -0.39 is 17.1 Å². The predicted molar refractivity (Wildman–Crippen MR) is 78.5 cm³/mol. The summed E-state index contributed by atoms with van der Waals surface area (Å²) in [6.07, 6.45) is 1.99. The number of nitrogens with one attached hydrogen (secondary N) is 1. The molecule has 0 saturated carbocycles. The van der Waals surface area contributed by atoms with E-state index in [9.17, 15) is 9.59 Å². The quantitative estimate of drug-likeness (QED) is 0.549. The largest absolute Gasteiger partial charge is 0.463 e. The van der Waals surface area contributed by atoms with Crippen molar-refractivity contribution in [1.82, 2.24) is 5.32 Å². The fourth-order valence-corrected chi connectivity index (χ4v) is 1.58. The van der Waals surface area contributed by atoms with Gasteiger partial charge in [0.15, 0.2) is 0 Å². The van der Waals surface area contributed by atoms with E-state index in [0.29, 0.717) is 6.42 Å². The molecule has 5 heteroatoms. The van der Waals surface area contributed by atoms with Gasteiger partial charge in [0.2, 0.25) is 0 Å². The van der Waals surface area contributed by atoms with Gasteiger partial charge in [0.1, 0.15) is 12.2 Å². The van der Waals surface area contributed by atoms with Gasteiger partial charge in [0.25, 0.3) is 0 Å². The molecule has 118 valence electrons. The molecule has 5 nitrogen and oxygen atoms in total. The molecule has 0 aliphatic rings. The number of carbonyl (C=O) groups is 2. The van der Waals surface area contributed by atoms with E-state index in [1.165, 1.54) is 0 Å². The minimum Gasteiger partial charge on any atom is -0.463 e. The molecule has 0 bridgehead atoms. The van der Waals surface area contributed by atoms with Gasteiger partial charge in [-0.15, -0.1) is 0 Å². The summed E-state index contributed by atoms with van der Waals surface area (Å²) in [5.74, 6) is -0.249. The average molecular weight is 287 g/mol. The smallest absolute Gasteiger partial charge is 0.407 e. The summed E-state index contributed by atoms with van der Waals surface area (Å²) in [7, 11) is 0. The first-order chi connectivity index (χ1) is 9.14. The van der Waals surface area contributed by atoms with Gasteiger partial charge in [-0.25, -0.2) is 4.79 Å². The number of esters is 1. The Kier molecular flexibility index (Phi) is 7.61. The van der Waals surface area contributed by atoms with Gasteiger partial charge in [-0.05, 0) is 40.5 Å². The topological polar surface area (TPSA) is 64.6 Å². The molecule has 0 aromatic rings. The molecular weight excluding hydrogens is 258 g/mol. The van der Waals surface area contributed by atoms with Crippen LogP contribution in [0.3, 0.4) is 0 Å². The van der Waals surface area contributed by atoms with Crippen LogP contribution < -0.4 is 5.32 Å². The van der Waals surface area contributed by atoms with Crippen molar-refractivity contribution in [1.29, 1.82) is 0 Å². The lowest BCUT2D eigenvalue weighted by Gasteiger charge is -2.24. The lowest BCUT2D eigenvalue weighted by Crippen LogP contribution is -2.37. The molecule has 0 radical (unpaired) electrons. The number of amides is 1. The minimum atomic E-state index is -0.483. The number of ether oxygens (including phenoxy) is 2. The fourth-order valence-electron chi connectivity index (χ4n) is 1.58. The van der Waals surface area contributed by atoms with E-state index in [4.69, 9.17) is 9.47 Å². The Morgan fingerprint density at radius 2 is 1.70 bits per heavy atom. The highest BCUT2D eigenvalue weighted by molar-refractivity contribution is 5.75. The Hall–Kier alpha value is -1.26. The van der Waals surface area contributed by atoms with Gasteiger partial charge in [-0.3, -0.25) is 4.79 Å². The van der Waals surface area contributed by atoms with Crippen LogP contribution in [0.2, 0.25) is 0 Å². The van der Waals surface area contributed by atoms with Crippen LogP contribution in [0.4, 0.5) is 4.79 Å². The van der Waals surface area contributed by atoms with E-state index in [2.05, 4.69) is 5.32 Å². The van der Waals surface area contributed by atoms with Crippen molar-refractivity contribution in [3.63, 3.8) is 0 Å². The summed E-state index contributed by atoms with van der Waals surface area (Å²) in [5, 5.41) is 2.58. The predicted octanol–water partition coefficient (Wildman–Crippen LogP) is 3.27. The number of rotatable bonds is 8. The molecule has 20 heavy (non-hydrogen) atoms. The first-order valence-electron chi connectivity index (χ1n) is 7.28. The summed E-state index contributed by atoms with van der Waals surface area (Å²) in [6.45, 7) is 11.8. The van der Waals surface area contributed by atoms with Crippen molar-refractivity contribution in [3.8, 4) is 0 Å². The van der Waals surface area contributed by atoms with Crippen molar-refractivity contribution in [2.24, 2.45) is 5.41 Å². The lowest BCUT2D eigenvalue weighted by molar-refractivity contribution is -0.153. The summed E-state index contributed by atoms with van der Waals surface area (Å²) < 4.78 is 10.4. The van der Waals surface area contributed by atoms with Crippen LogP contribution in [0.25, 0.3) is 0 Å². The summed E-state index contributed by atoms with van der Waals surface area (Å²) >= 11 is 0. The molecule has 0 aromatic carbocycles. The molecule has 0 atom stereocenters. The van der Waals surface area contributed by atoms with Crippen LogP contribution in [-0.4, -0.2) is 30.8 Å². The van der Waals surface area contributed by atoms with Gasteiger partial charge in [-0.2, -0.15) is 0 Å². The van der Waals surface area contributed by atoms with Gasteiger partial charge in [-0.1, -0.05) is 20.3 Å². The van der Waals surface area contributed by atoms with E-state index in [1.54, 1.807) is 0 Å². The molecular formula is C15H29NO4. The number of hydrogen-bond donors (Lipinski definition) is 1. The molecule has 1 N–H and O–H groups in total. The molecule has 0 spiro atoms. The van der Waals surface area contributed by atoms with Gasteiger partial charge >= 0.3 is 12.1 Å². The summed E-state index contributed by atoms with van der Waals surface area (Å²) in [6, 6.07) is 0. The Bertz CT molecular complexity index is 324. The second-order valence-electron chi connectivity index (χ2n) is 6.20. The number of hydrogen-bond acceptors (Lipinski definition) is 4. The maximum atomic E-state index is 11.7. The molecule has 0 aliphatic heterocycles. The third-order valence-electron chi connectivity index (χ3n) is 3.26. The third kappa shape index (κ3) is 7.36. The third-order valence-corrected chi connectivity index (χ3v) is 3.26. The zero-order valence-electron chi connectivity index (χ0n) is 13.7. The molecule has 0 unspecified atom stereocenters.